The van der Waals surface area contributed by atoms with Crippen molar-refractivity contribution in [2.45, 2.75) is 51.0 Å². The van der Waals surface area contributed by atoms with Gasteiger partial charge < -0.3 is 10.2 Å². The minimum atomic E-state index is 0.0974. The zero-order chi connectivity index (χ0) is 11.4. The third-order valence-corrected chi connectivity index (χ3v) is 3.99. The predicted octanol–water partition coefficient (Wildman–Crippen LogP) is 1.78. The highest BCUT2D eigenvalue weighted by Gasteiger charge is 2.25. The first-order chi connectivity index (χ1) is 7.77. The van der Waals surface area contributed by atoms with Crippen LogP contribution in [0.5, 0.6) is 0 Å². The third kappa shape index (κ3) is 2.97. The Bertz CT molecular complexity index is 230. The van der Waals surface area contributed by atoms with E-state index in [4.69, 9.17) is 0 Å². The first kappa shape index (κ1) is 11.9. The molecule has 1 amide bonds. The van der Waals surface area contributed by atoms with E-state index in [0.29, 0.717) is 5.91 Å². The van der Waals surface area contributed by atoms with Crippen molar-refractivity contribution in [3.8, 4) is 0 Å². The van der Waals surface area contributed by atoms with Gasteiger partial charge in [0.2, 0.25) is 5.91 Å². The first-order valence-electron chi connectivity index (χ1n) is 6.76. The number of amides is 1. The van der Waals surface area contributed by atoms with E-state index in [0.717, 1.165) is 25.4 Å². The molecule has 0 aromatic rings. The Hall–Kier alpha value is -0.570. The summed E-state index contributed by atoms with van der Waals surface area (Å²) in [6.45, 7) is 1.98. The van der Waals surface area contributed by atoms with Crippen molar-refractivity contribution in [3.63, 3.8) is 0 Å². The van der Waals surface area contributed by atoms with Crippen molar-refractivity contribution in [2.75, 3.05) is 20.1 Å². The molecular formula is C13H24N2O. The molecule has 1 atom stereocenters. The van der Waals surface area contributed by atoms with Crippen molar-refractivity contribution in [2.24, 2.45) is 5.92 Å². The first-order valence-corrected chi connectivity index (χ1v) is 6.76. The van der Waals surface area contributed by atoms with E-state index in [9.17, 15) is 4.79 Å². The van der Waals surface area contributed by atoms with Gasteiger partial charge in [0.25, 0.3) is 0 Å². The van der Waals surface area contributed by atoms with Gasteiger partial charge in [-0.15, -0.1) is 0 Å². The van der Waals surface area contributed by atoms with Crippen LogP contribution < -0.4 is 5.32 Å². The van der Waals surface area contributed by atoms with Crippen LogP contribution >= 0.6 is 0 Å². The summed E-state index contributed by atoms with van der Waals surface area (Å²) in [7, 11) is 1.97. The Balaban J connectivity index is 1.78. The molecule has 2 aliphatic rings. The molecule has 0 radical (unpaired) electrons. The molecule has 2 rings (SSSR count). The third-order valence-electron chi connectivity index (χ3n) is 3.99. The molecule has 1 saturated heterocycles. The zero-order valence-corrected chi connectivity index (χ0v) is 10.4. The van der Waals surface area contributed by atoms with Crippen LogP contribution in [-0.2, 0) is 4.79 Å². The van der Waals surface area contributed by atoms with Gasteiger partial charge in [0.05, 0.1) is 6.04 Å². The van der Waals surface area contributed by atoms with Gasteiger partial charge in [-0.25, -0.2) is 0 Å². The Morgan fingerprint density at radius 2 is 1.88 bits per heavy atom. The maximum Gasteiger partial charge on any atom is 0.239 e. The summed E-state index contributed by atoms with van der Waals surface area (Å²) in [5, 5.41) is 3.33. The standard InChI is InChI=1S/C13H24N2O/c1-15(10-11-6-2-3-7-11)13(16)12-8-4-5-9-14-12/h11-12,14H,2-10H2,1H3. The average molecular weight is 224 g/mol. The lowest BCUT2D eigenvalue weighted by Gasteiger charge is -2.29. The highest BCUT2D eigenvalue weighted by molar-refractivity contribution is 5.81. The van der Waals surface area contributed by atoms with Gasteiger partial charge in [-0.1, -0.05) is 19.3 Å². The largest absolute Gasteiger partial charge is 0.344 e. The molecule has 3 heteroatoms. The lowest BCUT2D eigenvalue weighted by atomic mass is 10.0. The fourth-order valence-electron chi connectivity index (χ4n) is 3.00. The van der Waals surface area contributed by atoms with Crippen molar-refractivity contribution in [3.05, 3.63) is 0 Å². The van der Waals surface area contributed by atoms with Crippen molar-refractivity contribution in [1.82, 2.24) is 10.2 Å². The summed E-state index contributed by atoms with van der Waals surface area (Å²) in [5.74, 6) is 1.07. The van der Waals surface area contributed by atoms with Crippen molar-refractivity contribution < 1.29 is 4.79 Å². The number of rotatable bonds is 3. The van der Waals surface area contributed by atoms with Crippen LogP contribution in [0.2, 0.25) is 0 Å². The molecule has 2 fully saturated rings. The second-order valence-corrected chi connectivity index (χ2v) is 5.37. The molecule has 1 saturated carbocycles. The summed E-state index contributed by atoms with van der Waals surface area (Å²) >= 11 is 0. The fraction of sp³-hybridized carbons (Fsp3) is 0.923. The number of hydrogen-bond donors (Lipinski definition) is 1. The Morgan fingerprint density at radius 3 is 2.50 bits per heavy atom. The van der Waals surface area contributed by atoms with Crippen LogP contribution in [0.4, 0.5) is 0 Å². The number of carbonyl (C=O) groups excluding carboxylic acids is 1. The highest BCUT2D eigenvalue weighted by Crippen LogP contribution is 2.25. The molecule has 92 valence electrons. The molecule has 1 heterocycles. The summed E-state index contributed by atoms with van der Waals surface area (Å²) in [6.07, 6.45) is 8.78. The molecule has 16 heavy (non-hydrogen) atoms. The van der Waals surface area contributed by atoms with E-state index < -0.39 is 0 Å². The van der Waals surface area contributed by atoms with Gasteiger partial charge in [0.15, 0.2) is 0 Å². The average Bonchev–Trinajstić information content (AvgIpc) is 2.82. The molecule has 0 bridgehead atoms. The Kier molecular flexibility index (Phi) is 4.22. The zero-order valence-electron chi connectivity index (χ0n) is 10.4. The maximum absolute atomic E-state index is 12.1. The van der Waals surface area contributed by atoms with Gasteiger partial charge >= 0.3 is 0 Å². The van der Waals surface area contributed by atoms with Crippen LogP contribution in [-0.4, -0.2) is 37.0 Å². The fourth-order valence-corrected chi connectivity index (χ4v) is 3.00. The second-order valence-electron chi connectivity index (χ2n) is 5.37. The monoisotopic (exact) mass is 224 g/mol. The summed E-state index contributed by atoms with van der Waals surface area (Å²) in [6, 6.07) is 0.0974. The van der Waals surface area contributed by atoms with Crippen LogP contribution in [0.15, 0.2) is 0 Å². The maximum atomic E-state index is 12.1. The van der Waals surface area contributed by atoms with Crippen LogP contribution in [0.1, 0.15) is 44.9 Å². The van der Waals surface area contributed by atoms with Gasteiger partial charge in [-0.05, 0) is 38.1 Å². The lowest BCUT2D eigenvalue weighted by Crippen LogP contribution is -2.48. The summed E-state index contributed by atoms with van der Waals surface area (Å²) < 4.78 is 0. The smallest absolute Gasteiger partial charge is 0.239 e. The molecule has 1 unspecified atom stereocenters. The van der Waals surface area contributed by atoms with E-state index in [-0.39, 0.29) is 6.04 Å². The van der Waals surface area contributed by atoms with Gasteiger partial charge in [0, 0.05) is 13.6 Å². The molecule has 1 N–H and O–H groups in total. The number of piperidine rings is 1. The normalized spacial score (nSPS) is 26.9. The van der Waals surface area contributed by atoms with E-state index in [2.05, 4.69) is 5.32 Å². The minimum absolute atomic E-state index is 0.0974. The van der Waals surface area contributed by atoms with E-state index in [1.807, 2.05) is 11.9 Å². The summed E-state index contributed by atoms with van der Waals surface area (Å²) in [4.78, 5) is 14.1. The Morgan fingerprint density at radius 1 is 1.19 bits per heavy atom. The number of likely N-dealkylation sites (N-methyl/N-ethyl adjacent to an activating group) is 1. The lowest BCUT2D eigenvalue weighted by molar-refractivity contribution is -0.133. The van der Waals surface area contributed by atoms with Gasteiger partial charge in [-0.2, -0.15) is 0 Å². The second kappa shape index (κ2) is 5.67. The molecule has 1 aliphatic heterocycles. The quantitative estimate of drug-likeness (QED) is 0.792. The molecule has 3 nitrogen and oxygen atoms in total. The molecule has 1 aliphatic carbocycles. The van der Waals surface area contributed by atoms with Crippen LogP contribution in [0.25, 0.3) is 0 Å². The predicted molar refractivity (Wildman–Crippen MR) is 65.2 cm³/mol. The molecule has 0 spiro atoms. The summed E-state index contributed by atoms with van der Waals surface area (Å²) in [5.41, 5.74) is 0. The number of hydrogen-bond acceptors (Lipinski definition) is 2. The molecule has 0 aromatic heterocycles. The van der Waals surface area contributed by atoms with Crippen molar-refractivity contribution >= 4 is 5.91 Å². The topological polar surface area (TPSA) is 32.3 Å². The number of carbonyl (C=O) groups is 1. The minimum Gasteiger partial charge on any atom is -0.344 e. The molecular weight excluding hydrogens is 200 g/mol. The Labute approximate surface area is 98.6 Å². The van der Waals surface area contributed by atoms with Gasteiger partial charge in [-0.3, -0.25) is 4.79 Å². The van der Waals surface area contributed by atoms with E-state index in [1.165, 1.54) is 38.5 Å². The van der Waals surface area contributed by atoms with E-state index in [1.54, 1.807) is 0 Å². The molecule has 0 aromatic carbocycles. The van der Waals surface area contributed by atoms with Crippen LogP contribution in [0, 0.1) is 5.92 Å². The van der Waals surface area contributed by atoms with Crippen molar-refractivity contribution in [1.29, 1.82) is 0 Å². The van der Waals surface area contributed by atoms with Crippen LogP contribution in [0.3, 0.4) is 0 Å². The number of nitrogens with zero attached hydrogens (tertiary/aromatic N) is 1. The van der Waals surface area contributed by atoms with E-state index >= 15 is 0 Å². The number of nitrogens with one attached hydrogen (secondary N) is 1. The highest BCUT2D eigenvalue weighted by atomic mass is 16.2. The van der Waals surface area contributed by atoms with Gasteiger partial charge in [0.1, 0.15) is 0 Å². The SMILES string of the molecule is CN(CC1CCCC1)C(=O)C1CCCCN1.